The maximum absolute atomic E-state index is 12.8. The van der Waals surface area contributed by atoms with Gasteiger partial charge in [-0.15, -0.1) is 13.2 Å². The summed E-state index contributed by atoms with van der Waals surface area (Å²) >= 11 is 3.33. The van der Waals surface area contributed by atoms with E-state index in [1.165, 1.54) is 29.1 Å². The number of carbonyl (C=O) groups excluding carboxylic acids is 1. The normalized spacial score (nSPS) is 13.9. The molecule has 2 heterocycles. The fourth-order valence-electron chi connectivity index (χ4n) is 3.67. The summed E-state index contributed by atoms with van der Waals surface area (Å²) < 4.78 is 43.5. The number of rotatable bonds is 4. The van der Waals surface area contributed by atoms with Crippen LogP contribution in [0, 0.1) is 0 Å². The molecule has 0 bridgehead atoms. The Morgan fingerprint density at radius 3 is 2.77 bits per heavy atom. The summed E-state index contributed by atoms with van der Waals surface area (Å²) in [5.41, 5.74) is 1.51. The Kier molecular flexibility index (Phi) is 5.74. The Labute approximate surface area is 183 Å². The van der Waals surface area contributed by atoms with E-state index < -0.39 is 6.36 Å². The minimum Gasteiger partial charge on any atom is -0.406 e. The predicted molar refractivity (Wildman–Crippen MR) is 112 cm³/mol. The molecule has 0 saturated carbocycles. The minimum absolute atomic E-state index is 0.0569. The fraction of sp³-hybridized carbons (Fsp3) is 0.286. The van der Waals surface area contributed by atoms with E-state index in [2.05, 4.69) is 25.7 Å². The van der Waals surface area contributed by atoms with Crippen LogP contribution in [0.25, 0.3) is 10.9 Å². The summed E-state index contributed by atoms with van der Waals surface area (Å²) in [7, 11) is 0. The summed E-state index contributed by atoms with van der Waals surface area (Å²) in [4.78, 5) is 31.3. The average molecular weight is 496 g/mol. The Bertz CT molecular complexity index is 1210. The molecule has 0 N–H and O–H groups in total. The molecule has 0 saturated heterocycles. The molecule has 0 aliphatic carbocycles. The van der Waals surface area contributed by atoms with Gasteiger partial charge in [0.2, 0.25) is 5.91 Å². The second-order valence-corrected chi connectivity index (χ2v) is 8.06. The lowest BCUT2D eigenvalue weighted by molar-refractivity contribution is -0.274. The number of hydrogen-bond donors (Lipinski definition) is 0. The van der Waals surface area contributed by atoms with Crippen LogP contribution in [0.1, 0.15) is 18.4 Å². The largest absolute Gasteiger partial charge is 0.573 e. The minimum atomic E-state index is -4.77. The zero-order valence-electron chi connectivity index (χ0n) is 16.2. The number of halogens is 4. The average Bonchev–Trinajstić information content (AvgIpc) is 2.71. The van der Waals surface area contributed by atoms with Crippen LogP contribution in [-0.2, 0) is 17.8 Å². The van der Waals surface area contributed by atoms with E-state index in [0.717, 1.165) is 4.47 Å². The summed E-state index contributed by atoms with van der Waals surface area (Å²) in [5.74, 6) is -0.521. The molecule has 1 aliphatic rings. The monoisotopic (exact) mass is 495 g/mol. The number of aromatic nitrogens is 2. The Balaban J connectivity index is 1.51. The molecule has 31 heavy (non-hydrogen) atoms. The quantitative estimate of drug-likeness (QED) is 0.537. The van der Waals surface area contributed by atoms with Crippen molar-refractivity contribution in [3.05, 3.63) is 63.1 Å². The highest BCUT2D eigenvalue weighted by atomic mass is 79.9. The lowest BCUT2D eigenvalue weighted by Crippen LogP contribution is -2.36. The van der Waals surface area contributed by atoms with Crippen LogP contribution >= 0.6 is 15.9 Å². The molecular formula is C21H17BrF3N3O3. The zero-order chi connectivity index (χ0) is 22.2. The zero-order valence-corrected chi connectivity index (χ0v) is 17.7. The molecule has 0 spiro atoms. The summed E-state index contributed by atoms with van der Waals surface area (Å²) in [6.07, 6.45) is -2.12. The van der Waals surface area contributed by atoms with Crippen molar-refractivity contribution in [2.75, 3.05) is 11.4 Å². The van der Waals surface area contributed by atoms with Gasteiger partial charge >= 0.3 is 6.36 Å². The van der Waals surface area contributed by atoms with Gasteiger partial charge in [-0.2, -0.15) is 0 Å². The molecule has 0 fully saturated rings. The van der Waals surface area contributed by atoms with Gasteiger partial charge in [-0.05, 0) is 54.8 Å². The Hall–Kier alpha value is -2.88. The number of hydrogen-bond acceptors (Lipinski definition) is 4. The van der Waals surface area contributed by atoms with E-state index in [0.29, 0.717) is 41.5 Å². The molecule has 6 nitrogen and oxygen atoms in total. The number of benzene rings is 2. The maximum atomic E-state index is 12.8. The van der Waals surface area contributed by atoms with Crippen molar-refractivity contribution in [3.8, 4) is 5.75 Å². The van der Waals surface area contributed by atoms with E-state index in [-0.39, 0.29) is 30.2 Å². The highest BCUT2D eigenvalue weighted by Crippen LogP contribution is 2.33. The number of carbonyl (C=O) groups is 1. The van der Waals surface area contributed by atoms with E-state index in [4.69, 9.17) is 0 Å². The molecule has 3 aromatic rings. The number of alkyl halides is 3. The van der Waals surface area contributed by atoms with Gasteiger partial charge in [0.15, 0.2) is 0 Å². The van der Waals surface area contributed by atoms with Crippen molar-refractivity contribution in [3.63, 3.8) is 0 Å². The van der Waals surface area contributed by atoms with Crippen LogP contribution in [0.15, 0.2) is 52.0 Å². The predicted octanol–water partition coefficient (Wildman–Crippen LogP) is 4.43. The number of anilines is 1. The van der Waals surface area contributed by atoms with Crippen molar-refractivity contribution < 1.29 is 22.7 Å². The van der Waals surface area contributed by atoms with Gasteiger partial charge in [-0.3, -0.25) is 14.2 Å². The first-order valence-electron chi connectivity index (χ1n) is 9.55. The van der Waals surface area contributed by atoms with E-state index in [1.807, 2.05) is 0 Å². The summed E-state index contributed by atoms with van der Waals surface area (Å²) in [6, 6.07) is 9.20. The first-order valence-corrected chi connectivity index (χ1v) is 10.3. The molecule has 1 aliphatic heterocycles. The molecule has 1 amide bonds. The van der Waals surface area contributed by atoms with Gasteiger partial charge in [0, 0.05) is 29.7 Å². The molecule has 0 atom stereocenters. The summed E-state index contributed by atoms with van der Waals surface area (Å²) in [6.45, 7) is 0.608. The molecule has 162 valence electrons. The standard InChI is InChI=1S/C21H17BrF3N3O3/c22-14-3-5-17-16(11-14)20(30)27(12-26-17)9-7-19(29)28-8-1-2-13-10-15(4-6-18(13)28)31-21(23,24)25/h3-6,10-12H,1-2,7-9H2. The highest BCUT2D eigenvalue weighted by Gasteiger charge is 2.32. The molecular weight excluding hydrogens is 479 g/mol. The van der Waals surface area contributed by atoms with E-state index in [1.54, 1.807) is 23.1 Å². The van der Waals surface area contributed by atoms with Crippen LogP contribution in [-0.4, -0.2) is 28.4 Å². The number of nitrogens with zero attached hydrogens (tertiary/aromatic N) is 3. The number of fused-ring (bicyclic) bond motifs is 2. The Morgan fingerprint density at radius 2 is 2.00 bits per heavy atom. The second kappa shape index (κ2) is 8.33. The van der Waals surface area contributed by atoms with Crippen molar-refractivity contribution >= 4 is 38.4 Å². The van der Waals surface area contributed by atoms with Crippen molar-refractivity contribution in [1.82, 2.24) is 9.55 Å². The number of aryl methyl sites for hydroxylation is 2. The van der Waals surface area contributed by atoms with Crippen LogP contribution < -0.4 is 15.2 Å². The third kappa shape index (κ3) is 4.73. The second-order valence-electron chi connectivity index (χ2n) is 7.14. The van der Waals surface area contributed by atoms with E-state index >= 15 is 0 Å². The van der Waals surface area contributed by atoms with Crippen LogP contribution in [0.3, 0.4) is 0 Å². The van der Waals surface area contributed by atoms with Crippen molar-refractivity contribution in [2.45, 2.75) is 32.2 Å². The van der Waals surface area contributed by atoms with Gasteiger partial charge in [0.1, 0.15) is 5.75 Å². The van der Waals surface area contributed by atoms with Gasteiger partial charge in [-0.25, -0.2) is 4.98 Å². The van der Waals surface area contributed by atoms with Gasteiger partial charge < -0.3 is 9.64 Å². The maximum Gasteiger partial charge on any atom is 0.573 e. The van der Waals surface area contributed by atoms with Gasteiger partial charge in [0.05, 0.1) is 17.2 Å². The lowest BCUT2D eigenvalue weighted by Gasteiger charge is -2.30. The molecule has 2 aromatic carbocycles. The Morgan fingerprint density at radius 1 is 1.19 bits per heavy atom. The highest BCUT2D eigenvalue weighted by molar-refractivity contribution is 9.10. The first-order chi connectivity index (χ1) is 14.7. The molecule has 0 radical (unpaired) electrons. The smallest absolute Gasteiger partial charge is 0.406 e. The van der Waals surface area contributed by atoms with Crippen molar-refractivity contribution in [2.24, 2.45) is 0 Å². The molecule has 10 heteroatoms. The topological polar surface area (TPSA) is 64.4 Å². The number of ether oxygens (including phenoxy) is 1. The van der Waals surface area contributed by atoms with Crippen molar-refractivity contribution in [1.29, 1.82) is 0 Å². The fourth-order valence-corrected chi connectivity index (χ4v) is 4.03. The molecule has 4 rings (SSSR count). The van der Waals surface area contributed by atoms with Gasteiger partial charge in [0.25, 0.3) is 5.56 Å². The first kappa shape index (κ1) is 21.4. The lowest BCUT2D eigenvalue weighted by atomic mass is 10.0. The third-order valence-electron chi connectivity index (χ3n) is 5.06. The number of amides is 1. The molecule has 0 unspecified atom stereocenters. The van der Waals surface area contributed by atoms with Crippen LogP contribution in [0.2, 0.25) is 0 Å². The summed E-state index contributed by atoms with van der Waals surface area (Å²) in [5, 5.41) is 0.449. The van der Waals surface area contributed by atoms with Crippen LogP contribution in [0.5, 0.6) is 5.75 Å². The third-order valence-corrected chi connectivity index (χ3v) is 5.55. The molecule has 1 aromatic heterocycles. The SMILES string of the molecule is O=C(CCn1cnc2ccc(Br)cc2c1=O)N1CCCc2cc(OC(F)(F)F)ccc21. The van der Waals surface area contributed by atoms with Crippen LogP contribution in [0.4, 0.5) is 18.9 Å². The van der Waals surface area contributed by atoms with Gasteiger partial charge in [-0.1, -0.05) is 15.9 Å². The van der Waals surface area contributed by atoms with E-state index in [9.17, 15) is 22.8 Å².